The maximum Gasteiger partial charge on any atom is 0.391 e. The zero-order valence-corrected chi connectivity index (χ0v) is 16.0. The van der Waals surface area contributed by atoms with Gasteiger partial charge in [-0.1, -0.05) is 0 Å². The van der Waals surface area contributed by atoms with Gasteiger partial charge in [-0.2, -0.15) is 13.2 Å². The molecule has 1 amide bonds. The summed E-state index contributed by atoms with van der Waals surface area (Å²) in [5.41, 5.74) is 6.63. The zero-order valence-electron chi connectivity index (χ0n) is 16.0. The number of likely N-dealkylation sites (N-methyl/N-ethyl adjacent to an activating group) is 1. The van der Waals surface area contributed by atoms with Crippen LogP contribution in [0.15, 0.2) is 6.07 Å². The number of anilines is 3. The second-order valence-corrected chi connectivity index (χ2v) is 7.41. The molecular weight excluding hydrogens is 375 g/mol. The second kappa shape index (κ2) is 8.02. The van der Waals surface area contributed by atoms with Gasteiger partial charge in [0, 0.05) is 20.1 Å². The van der Waals surface area contributed by atoms with Gasteiger partial charge in [0.25, 0.3) is 5.91 Å². The number of nitrogens with zero attached hydrogens (tertiary/aromatic N) is 2. The molecule has 10 heteroatoms. The molecule has 0 bridgehead atoms. The molecule has 0 aromatic carbocycles. The molecule has 0 atom stereocenters. The van der Waals surface area contributed by atoms with Crippen molar-refractivity contribution in [3.8, 4) is 0 Å². The molecule has 1 aromatic rings. The molecular formula is C18H26F3N5O2. The summed E-state index contributed by atoms with van der Waals surface area (Å²) in [5, 5.41) is 5.76. The quantitative estimate of drug-likeness (QED) is 0.702. The highest BCUT2D eigenvalue weighted by molar-refractivity contribution is 6.00. The lowest BCUT2D eigenvalue weighted by atomic mass is 9.85. The number of hydrogen-bond donors (Lipinski definition) is 3. The van der Waals surface area contributed by atoms with Gasteiger partial charge < -0.3 is 26.0 Å². The number of pyridine rings is 1. The van der Waals surface area contributed by atoms with Gasteiger partial charge in [-0.15, -0.1) is 0 Å². The summed E-state index contributed by atoms with van der Waals surface area (Å²) in [6, 6.07) is 1.37. The van der Waals surface area contributed by atoms with Crippen LogP contribution in [0.4, 0.5) is 30.5 Å². The number of alkyl halides is 3. The van der Waals surface area contributed by atoms with Gasteiger partial charge in [-0.3, -0.25) is 4.79 Å². The lowest BCUT2D eigenvalue weighted by molar-refractivity contribution is -0.182. The molecule has 0 radical (unpaired) electrons. The summed E-state index contributed by atoms with van der Waals surface area (Å²) < 4.78 is 43.7. The molecule has 2 fully saturated rings. The minimum absolute atomic E-state index is 0.0275. The van der Waals surface area contributed by atoms with Gasteiger partial charge in [0.05, 0.1) is 36.4 Å². The molecule has 1 aliphatic heterocycles. The number of amides is 1. The van der Waals surface area contributed by atoms with Crippen LogP contribution in [-0.2, 0) is 4.74 Å². The maximum absolute atomic E-state index is 12.9. The Kier molecular flexibility index (Phi) is 5.87. The van der Waals surface area contributed by atoms with E-state index >= 15 is 0 Å². The number of ether oxygens (including phenoxy) is 1. The molecule has 0 unspecified atom stereocenters. The van der Waals surface area contributed by atoms with Crippen molar-refractivity contribution in [1.29, 1.82) is 0 Å². The Balaban J connectivity index is 1.74. The van der Waals surface area contributed by atoms with Crippen molar-refractivity contribution in [3.05, 3.63) is 11.6 Å². The van der Waals surface area contributed by atoms with Crippen molar-refractivity contribution in [2.24, 2.45) is 5.92 Å². The molecule has 1 aliphatic carbocycles. The van der Waals surface area contributed by atoms with Gasteiger partial charge >= 0.3 is 6.18 Å². The Hall–Kier alpha value is -2.23. The van der Waals surface area contributed by atoms with Gasteiger partial charge in [-0.05, 0) is 31.7 Å². The zero-order chi connectivity index (χ0) is 20.5. The number of halogens is 3. The number of carbonyl (C=O) groups is 1. The molecule has 7 nitrogen and oxygen atoms in total. The van der Waals surface area contributed by atoms with Crippen LogP contribution in [-0.4, -0.2) is 56.5 Å². The number of carbonyl (C=O) groups excluding carboxylic acids is 1. The van der Waals surface area contributed by atoms with Gasteiger partial charge in [0.15, 0.2) is 5.82 Å². The standard InChI is InChI=1S/C18H26F3N5O2/c1-23-15-14(22)7-13(16(25-15)26(2)12-8-28-9-12)17(27)24-11-5-3-10(4-6-11)18(19,20)21/h7,10-12H,3-6,8-9,22H2,1-2H3,(H,23,25)(H,24,27)/t10-,11-. The SMILES string of the molecule is CNc1nc(N(C)C2COC2)c(C(=O)N[C@H]2CC[C@H](C(F)(F)F)CC2)cc1N. The van der Waals surface area contributed by atoms with Crippen LogP contribution in [0.5, 0.6) is 0 Å². The van der Waals surface area contributed by atoms with Crippen molar-refractivity contribution in [2.45, 2.75) is 43.9 Å². The predicted octanol–water partition coefficient (Wildman–Crippen LogP) is 2.39. The van der Waals surface area contributed by atoms with E-state index in [9.17, 15) is 18.0 Å². The van der Waals surface area contributed by atoms with E-state index in [2.05, 4.69) is 15.6 Å². The molecule has 28 heavy (non-hydrogen) atoms. The van der Waals surface area contributed by atoms with E-state index < -0.39 is 12.1 Å². The van der Waals surface area contributed by atoms with Crippen LogP contribution in [0, 0.1) is 5.92 Å². The molecule has 1 aromatic heterocycles. The first kappa shape index (κ1) is 20.5. The van der Waals surface area contributed by atoms with Crippen molar-refractivity contribution in [3.63, 3.8) is 0 Å². The van der Waals surface area contributed by atoms with E-state index in [1.807, 2.05) is 11.9 Å². The minimum atomic E-state index is -4.17. The lowest BCUT2D eigenvalue weighted by Crippen LogP contribution is -2.48. The van der Waals surface area contributed by atoms with Crippen LogP contribution in [0.2, 0.25) is 0 Å². The van der Waals surface area contributed by atoms with Crippen LogP contribution in [0.25, 0.3) is 0 Å². The first-order valence-electron chi connectivity index (χ1n) is 9.37. The van der Waals surface area contributed by atoms with E-state index in [1.165, 1.54) is 0 Å². The molecule has 0 spiro atoms. The number of rotatable bonds is 5. The fourth-order valence-electron chi connectivity index (χ4n) is 3.60. The fraction of sp³-hybridized carbons (Fsp3) is 0.667. The number of aromatic nitrogens is 1. The topological polar surface area (TPSA) is 92.5 Å². The Morgan fingerprint density at radius 1 is 1.29 bits per heavy atom. The van der Waals surface area contributed by atoms with E-state index in [1.54, 1.807) is 13.1 Å². The summed E-state index contributed by atoms with van der Waals surface area (Å²) in [7, 11) is 3.52. The van der Waals surface area contributed by atoms with Gasteiger partial charge in [0.1, 0.15) is 5.82 Å². The molecule has 156 valence electrons. The summed E-state index contributed by atoms with van der Waals surface area (Å²) in [6.07, 6.45) is -3.51. The number of hydrogen-bond acceptors (Lipinski definition) is 6. The molecule has 1 saturated heterocycles. The fourth-order valence-corrected chi connectivity index (χ4v) is 3.60. The third kappa shape index (κ3) is 4.26. The third-order valence-corrected chi connectivity index (χ3v) is 5.54. The number of nitrogens with one attached hydrogen (secondary N) is 2. The summed E-state index contributed by atoms with van der Waals surface area (Å²) in [6.45, 7) is 1.08. The Bertz CT molecular complexity index is 716. The van der Waals surface area contributed by atoms with E-state index in [4.69, 9.17) is 10.5 Å². The molecule has 2 heterocycles. The average Bonchev–Trinajstić information content (AvgIpc) is 2.59. The van der Waals surface area contributed by atoms with Crippen LogP contribution < -0.4 is 21.3 Å². The minimum Gasteiger partial charge on any atom is -0.396 e. The van der Waals surface area contributed by atoms with Gasteiger partial charge in [0.2, 0.25) is 0 Å². The highest BCUT2D eigenvalue weighted by Gasteiger charge is 2.41. The molecule has 1 saturated carbocycles. The Morgan fingerprint density at radius 3 is 2.43 bits per heavy atom. The van der Waals surface area contributed by atoms with Crippen molar-refractivity contribution >= 4 is 23.2 Å². The normalized spacial score (nSPS) is 23.0. The van der Waals surface area contributed by atoms with E-state index in [-0.39, 0.29) is 30.8 Å². The average molecular weight is 401 g/mol. The first-order chi connectivity index (χ1) is 13.2. The molecule has 3 rings (SSSR count). The summed E-state index contributed by atoms with van der Waals surface area (Å²) >= 11 is 0. The predicted molar refractivity (Wildman–Crippen MR) is 100 cm³/mol. The number of nitrogen functional groups attached to an aromatic ring is 1. The summed E-state index contributed by atoms with van der Waals surface area (Å²) in [5.74, 6) is -0.731. The van der Waals surface area contributed by atoms with Crippen molar-refractivity contribution in [2.75, 3.05) is 43.3 Å². The lowest BCUT2D eigenvalue weighted by Gasteiger charge is -2.36. The van der Waals surface area contributed by atoms with E-state index in [0.29, 0.717) is 48.9 Å². The second-order valence-electron chi connectivity index (χ2n) is 7.41. The van der Waals surface area contributed by atoms with Crippen LogP contribution >= 0.6 is 0 Å². The highest BCUT2D eigenvalue weighted by Crippen LogP contribution is 2.37. The largest absolute Gasteiger partial charge is 0.396 e. The van der Waals surface area contributed by atoms with Crippen LogP contribution in [0.1, 0.15) is 36.0 Å². The van der Waals surface area contributed by atoms with Crippen molar-refractivity contribution in [1.82, 2.24) is 10.3 Å². The molecule has 2 aliphatic rings. The monoisotopic (exact) mass is 401 g/mol. The van der Waals surface area contributed by atoms with Crippen molar-refractivity contribution < 1.29 is 22.7 Å². The Labute approximate surface area is 161 Å². The number of nitrogens with two attached hydrogens (primary N) is 1. The third-order valence-electron chi connectivity index (χ3n) is 5.54. The highest BCUT2D eigenvalue weighted by atomic mass is 19.4. The molecule has 4 N–H and O–H groups in total. The van der Waals surface area contributed by atoms with Gasteiger partial charge in [-0.25, -0.2) is 4.98 Å². The Morgan fingerprint density at radius 2 is 1.93 bits per heavy atom. The smallest absolute Gasteiger partial charge is 0.391 e. The van der Waals surface area contributed by atoms with Crippen LogP contribution in [0.3, 0.4) is 0 Å². The first-order valence-corrected chi connectivity index (χ1v) is 9.37. The van der Waals surface area contributed by atoms with E-state index in [0.717, 1.165) is 0 Å². The maximum atomic E-state index is 12.9. The summed E-state index contributed by atoms with van der Waals surface area (Å²) in [4.78, 5) is 19.2.